The molecule has 1 aromatic rings. The van der Waals surface area contributed by atoms with Crippen molar-refractivity contribution < 1.29 is 9.53 Å². The quantitative estimate of drug-likeness (QED) is 0.681. The van der Waals surface area contributed by atoms with Gasteiger partial charge in [-0.2, -0.15) is 0 Å². The maximum atomic E-state index is 11.0. The predicted octanol–water partition coefficient (Wildman–Crippen LogP) is 0.933. The van der Waals surface area contributed by atoms with Gasteiger partial charge in [-0.3, -0.25) is 0 Å². The van der Waals surface area contributed by atoms with Crippen LogP contribution in [0.1, 0.15) is 0 Å². The molecule has 1 atom stereocenters. The zero-order valence-electron chi connectivity index (χ0n) is 6.81. The van der Waals surface area contributed by atoms with E-state index in [0.717, 1.165) is 0 Å². The van der Waals surface area contributed by atoms with Crippen molar-refractivity contribution in [1.82, 2.24) is 4.98 Å². The first-order valence-corrected chi connectivity index (χ1v) is 3.91. The fourth-order valence-electron chi connectivity index (χ4n) is 1.05. The third-order valence-electron chi connectivity index (χ3n) is 1.68. The van der Waals surface area contributed by atoms with E-state index in [9.17, 15) is 4.79 Å². The lowest BCUT2D eigenvalue weighted by Crippen LogP contribution is -2.24. The molecule has 4 nitrogen and oxygen atoms in total. The first kappa shape index (κ1) is 7.79. The van der Waals surface area contributed by atoms with Gasteiger partial charge in [0.1, 0.15) is 11.9 Å². The van der Waals surface area contributed by atoms with E-state index < -0.39 is 6.04 Å². The van der Waals surface area contributed by atoms with E-state index in [1.165, 1.54) is 6.26 Å². The zero-order chi connectivity index (χ0) is 9.10. The fourth-order valence-corrected chi connectivity index (χ4v) is 1.05. The number of hydrogen-bond donors (Lipinski definition) is 1. The lowest BCUT2D eigenvalue weighted by molar-refractivity contribution is -0.136. The number of hydrogen-bond acceptors (Lipinski definition) is 4. The Balaban J connectivity index is 2.06. The molecule has 0 aromatic carbocycles. The van der Waals surface area contributed by atoms with Crippen LogP contribution in [0.2, 0.25) is 0 Å². The van der Waals surface area contributed by atoms with Crippen LogP contribution in [-0.2, 0) is 9.53 Å². The summed E-state index contributed by atoms with van der Waals surface area (Å²) >= 11 is 0. The molecule has 2 heterocycles. The van der Waals surface area contributed by atoms with Crippen LogP contribution in [0.25, 0.3) is 0 Å². The maximum absolute atomic E-state index is 11.0. The van der Waals surface area contributed by atoms with Crippen molar-refractivity contribution in [3.05, 3.63) is 36.7 Å². The maximum Gasteiger partial charge on any atom is 0.337 e. The number of ether oxygens (including phenoxy) is 1. The van der Waals surface area contributed by atoms with Crippen molar-refractivity contribution in [2.75, 3.05) is 5.32 Å². The highest BCUT2D eigenvalue weighted by molar-refractivity contribution is 5.83. The standard InChI is InChI=1S/C9H8N2O2/c12-9-7(4-6-13-9)11-8-3-1-2-5-10-8/h1-7H,(H,10,11). The van der Waals surface area contributed by atoms with Gasteiger partial charge in [-0.05, 0) is 18.2 Å². The molecule has 1 aliphatic rings. The molecular formula is C9H8N2O2. The van der Waals surface area contributed by atoms with E-state index in [4.69, 9.17) is 0 Å². The summed E-state index contributed by atoms with van der Waals surface area (Å²) in [5.74, 6) is 0.363. The number of nitrogens with one attached hydrogen (secondary N) is 1. The van der Waals surface area contributed by atoms with Crippen molar-refractivity contribution >= 4 is 11.8 Å². The monoisotopic (exact) mass is 176 g/mol. The van der Waals surface area contributed by atoms with Crippen LogP contribution >= 0.6 is 0 Å². The fraction of sp³-hybridized carbons (Fsp3) is 0.111. The highest BCUT2D eigenvalue weighted by Crippen LogP contribution is 2.09. The molecule has 0 aliphatic carbocycles. The molecule has 2 rings (SSSR count). The smallest absolute Gasteiger partial charge is 0.337 e. The molecule has 1 aromatic heterocycles. The zero-order valence-corrected chi connectivity index (χ0v) is 6.81. The predicted molar refractivity (Wildman–Crippen MR) is 46.9 cm³/mol. The summed E-state index contributed by atoms with van der Waals surface area (Å²) in [5, 5.41) is 2.92. The molecule has 0 spiro atoms. The second-order valence-corrected chi connectivity index (χ2v) is 2.60. The van der Waals surface area contributed by atoms with Gasteiger partial charge in [0.25, 0.3) is 0 Å². The van der Waals surface area contributed by atoms with Crippen LogP contribution in [-0.4, -0.2) is 17.0 Å². The van der Waals surface area contributed by atoms with Gasteiger partial charge in [-0.1, -0.05) is 6.07 Å². The Morgan fingerprint density at radius 1 is 1.46 bits per heavy atom. The highest BCUT2D eigenvalue weighted by atomic mass is 16.5. The molecule has 0 saturated carbocycles. The normalized spacial score (nSPS) is 20.0. The number of pyridine rings is 1. The molecule has 13 heavy (non-hydrogen) atoms. The van der Waals surface area contributed by atoms with Crippen molar-refractivity contribution in [3.63, 3.8) is 0 Å². The average molecular weight is 176 g/mol. The summed E-state index contributed by atoms with van der Waals surface area (Å²) in [5.41, 5.74) is 0. The first-order chi connectivity index (χ1) is 6.36. The van der Waals surface area contributed by atoms with Crippen LogP contribution in [0.5, 0.6) is 0 Å². The molecule has 0 amide bonds. The van der Waals surface area contributed by atoms with Crippen LogP contribution in [0.15, 0.2) is 36.7 Å². The molecule has 4 heteroatoms. The Kier molecular flexibility index (Phi) is 1.96. The summed E-state index contributed by atoms with van der Waals surface area (Å²) < 4.78 is 4.63. The molecular weight excluding hydrogens is 168 g/mol. The highest BCUT2D eigenvalue weighted by Gasteiger charge is 2.21. The van der Waals surface area contributed by atoms with E-state index in [0.29, 0.717) is 5.82 Å². The van der Waals surface area contributed by atoms with Gasteiger partial charge < -0.3 is 10.1 Å². The SMILES string of the molecule is O=C1OC=CC1Nc1ccccn1. The third kappa shape index (κ3) is 1.66. The first-order valence-electron chi connectivity index (χ1n) is 3.91. The van der Waals surface area contributed by atoms with Gasteiger partial charge in [0.15, 0.2) is 0 Å². The van der Waals surface area contributed by atoms with Crippen molar-refractivity contribution in [1.29, 1.82) is 0 Å². The van der Waals surface area contributed by atoms with Crippen molar-refractivity contribution in [2.45, 2.75) is 6.04 Å². The number of esters is 1. The summed E-state index contributed by atoms with van der Waals surface area (Å²) in [7, 11) is 0. The van der Waals surface area contributed by atoms with Crippen LogP contribution < -0.4 is 5.32 Å². The number of aromatic nitrogens is 1. The number of cyclic esters (lactones) is 1. The van der Waals surface area contributed by atoms with Gasteiger partial charge in [0, 0.05) is 6.20 Å². The molecule has 0 bridgehead atoms. The van der Waals surface area contributed by atoms with Gasteiger partial charge in [-0.25, -0.2) is 9.78 Å². The molecule has 0 saturated heterocycles. The molecule has 0 fully saturated rings. The molecule has 1 unspecified atom stereocenters. The minimum atomic E-state index is -0.408. The van der Waals surface area contributed by atoms with E-state index in [1.807, 2.05) is 12.1 Å². The summed E-state index contributed by atoms with van der Waals surface area (Å²) in [6.07, 6.45) is 4.69. The van der Waals surface area contributed by atoms with Crippen LogP contribution in [0.3, 0.4) is 0 Å². The Morgan fingerprint density at radius 3 is 3.00 bits per heavy atom. The molecule has 0 radical (unpaired) electrons. The lowest BCUT2D eigenvalue weighted by Gasteiger charge is -2.07. The van der Waals surface area contributed by atoms with E-state index in [2.05, 4.69) is 15.0 Å². The number of rotatable bonds is 2. The Labute approximate surface area is 75.2 Å². The second kappa shape index (κ2) is 3.26. The van der Waals surface area contributed by atoms with E-state index in [-0.39, 0.29) is 5.97 Å². The summed E-state index contributed by atoms with van der Waals surface area (Å²) in [6, 6.07) is 5.04. The van der Waals surface area contributed by atoms with Gasteiger partial charge in [0.2, 0.25) is 0 Å². The molecule has 1 N–H and O–H groups in total. The van der Waals surface area contributed by atoms with Crippen LogP contribution in [0, 0.1) is 0 Å². The minimum absolute atomic E-state index is 0.300. The second-order valence-electron chi connectivity index (χ2n) is 2.60. The van der Waals surface area contributed by atoms with Gasteiger partial charge in [0.05, 0.1) is 6.26 Å². The van der Waals surface area contributed by atoms with E-state index >= 15 is 0 Å². The number of carbonyl (C=O) groups is 1. The van der Waals surface area contributed by atoms with Crippen LogP contribution in [0.4, 0.5) is 5.82 Å². The van der Waals surface area contributed by atoms with Crippen molar-refractivity contribution in [2.24, 2.45) is 0 Å². The Morgan fingerprint density at radius 2 is 2.38 bits per heavy atom. The largest absolute Gasteiger partial charge is 0.433 e. The molecule has 1 aliphatic heterocycles. The summed E-state index contributed by atoms with van der Waals surface area (Å²) in [4.78, 5) is 15.0. The Hall–Kier alpha value is -1.84. The number of nitrogens with zero attached hydrogens (tertiary/aromatic N) is 1. The Bertz CT molecular complexity index is 335. The van der Waals surface area contributed by atoms with Crippen molar-refractivity contribution in [3.8, 4) is 0 Å². The van der Waals surface area contributed by atoms with E-state index in [1.54, 1.807) is 18.3 Å². The third-order valence-corrected chi connectivity index (χ3v) is 1.68. The topological polar surface area (TPSA) is 51.2 Å². The summed E-state index contributed by atoms with van der Waals surface area (Å²) in [6.45, 7) is 0. The number of anilines is 1. The lowest BCUT2D eigenvalue weighted by atomic mass is 10.3. The average Bonchev–Trinajstić information content (AvgIpc) is 2.54. The molecule has 66 valence electrons. The minimum Gasteiger partial charge on any atom is -0.433 e. The number of carbonyl (C=O) groups excluding carboxylic acids is 1. The van der Waals surface area contributed by atoms with Gasteiger partial charge >= 0.3 is 5.97 Å². The van der Waals surface area contributed by atoms with Gasteiger partial charge in [-0.15, -0.1) is 0 Å².